The third kappa shape index (κ3) is 3.95. The average molecular weight is 270 g/mol. The molecular formula is C11H11FN2O5. The van der Waals surface area contributed by atoms with Crippen LogP contribution in [0.25, 0.3) is 0 Å². The quantitative estimate of drug-likeness (QED) is 0.578. The van der Waals surface area contributed by atoms with Crippen LogP contribution in [-0.2, 0) is 9.59 Å². The van der Waals surface area contributed by atoms with Crippen molar-refractivity contribution in [2.45, 2.75) is 12.5 Å². The second-order valence-electron chi connectivity index (χ2n) is 3.70. The number of carbonyl (C=O) groups excluding carboxylic acids is 2. The highest BCUT2D eigenvalue weighted by molar-refractivity contribution is 5.99. The van der Waals surface area contributed by atoms with Crippen molar-refractivity contribution in [3.8, 4) is 5.75 Å². The number of phenolic OH excluding ortho intramolecular Hbond substituents is 1. The number of nitrogens with one attached hydrogen (secondary N) is 1. The van der Waals surface area contributed by atoms with Crippen LogP contribution in [-0.4, -0.2) is 34.0 Å². The van der Waals surface area contributed by atoms with Gasteiger partial charge in [0, 0.05) is 0 Å². The van der Waals surface area contributed by atoms with E-state index in [0.29, 0.717) is 0 Å². The van der Waals surface area contributed by atoms with Crippen molar-refractivity contribution in [1.82, 2.24) is 5.32 Å². The van der Waals surface area contributed by atoms with E-state index in [2.05, 4.69) is 0 Å². The monoisotopic (exact) mass is 270 g/mol. The molecule has 0 radical (unpaired) electrons. The van der Waals surface area contributed by atoms with Crippen molar-refractivity contribution in [3.05, 3.63) is 29.6 Å². The molecule has 0 saturated heterocycles. The Balaban J connectivity index is 2.90. The van der Waals surface area contributed by atoms with Gasteiger partial charge in [0.2, 0.25) is 5.91 Å². The number of carbonyl (C=O) groups is 3. The summed E-state index contributed by atoms with van der Waals surface area (Å²) in [6, 6.07) is 1.08. The molecule has 8 heteroatoms. The average Bonchev–Trinajstić information content (AvgIpc) is 2.30. The second kappa shape index (κ2) is 5.80. The van der Waals surface area contributed by atoms with E-state index in [-0.39, 0.29) is 0 Å². The van der Waals surface area contributed by atoms with Crippen LogP contribution in [0.15, 0.2) is 18.2 Å². The molecule has 0 aromatic heterocycles. The van der Waals surface area contributed by atoms with Crippen LogP contribution in [0.1, 0.15) is 16.8 Å². The topological polar surface area (TPSA) is 130 Å². The lowest BCUT2D eigenvalue weighted by molar-refractivity contribution is -0.140. The summed E-state index contributed by atoms with van der Waals surface area (Å²) in [4.78, 5) is 33.1. The number of hydrogen-bond acceptors (Lipinski definition) is 4. The Morgan fingerprint density at radius 3 is 2.53 bits per heavy atom. The molecule has 0 saturated carbocycles. The molecule has 0 aliphatic heterocycles. The maximum absolute atomic E-state index is 12.9. The summed E-state index contributed by atoms with van der Waals surface area (Å²) < 4.78 is 12.9. The van der Waals surface area contributed by atoms with Gasteiger partial charge in [-0.05, 0) is 18.2 Å². The summed E-state index contributed by atoms with van der Waals surface area (Å²) in [5.74, 6) is -4.70. The summed E-state index contributed by atoms with van der Waals surface area (Å²) in [7, 11) is 0. The van der Waals surface area contributed by atoms with Crippen LogP contribution in [0.2, 0.25) is 0 Å². The van der Waals surface area contributed by atoms with Crippen LogP contribution in [0, 0.1) is 5.82 Å². The lowest BCUT2D eigenvalue weighted by Gasteiger charge is -2.13. The highest BCUT2D eigenvalue weighted by Crippen LogP contribution is 2.17. The number of halogens is 1. The van der Waals surface area contributed by atoms with Crippen LogP contribution in [0.4, 0.5) is 4.39 Å². The number of aromatic hydroxyl groups is 1. The molecule has 1 aromatic rings. The predicted octanol–water partition coefficient (Wildman–Crippen LogP) is -0.410. The second-order valence-corrected chi connectivity index (χ2v) is 3.70. The number of nitrogens with two attached hydrogens (primary N) is 1. The summed E-state index contributed by atoms with van der Waals surface area (Å²) in [5.41, 5.74) is 4.40. The molecule has 1 unspecified atom stereocenters. The molecule has 0 heterocycles. The zero-order valence-electron chi connectivity index (χ0n) is 9.59. The smallest absolute Gasteiger partial charge is 0.326 e. The Hall–Kier alpha value is -2.64. The Morgan fingerprint density at radius 2 is 2.00 bits per heavy atom. The first kappa shape index (κ1) is 14.4. The van der Waals surface area contributed by atoms with E-state index < -0.39 is 47.4 Å². The van der Waals surface area contributed by atoms with Gasteiger partial charge < -0.3 is 21.3 Å². The predicted molar refractivity (Wildman–Crippen MR) is 60.8 cm³/mol. The number of hydrogen-bond donors (Lipinski definition) is 4. The molecule has 1 rings (SSSR count). The number of amides is 2. The first-order valence-corrected chi connectivity index (χ1v) is 5.11. The largest absolute Gasteiger partial charge is 0.507 e. The number of primary amides is 1. The van der Waals surface area contributed by atoms with E-state index in [1.165, 1.54) is 0 Å². The molecule has 0 bridgehead atoms. The molecule has 102 valence electrons. The molecule has 0 spiro atoms. The van der Waals surface area contributed by atoms with E-state index in [9.17, 15) is 23.9 Å². The van der Waals surface area contributed by atoms with Crippen molar-refractivity contribution in [1.29, 1.82) is 0 Å². The minimum absolute atomic E-state index is 0.435. The van der Waals surface area contributed by atoms with Crippen LogP contribution < -0.4 is 11.1 Å². The van der Waals surface area contributed by atoms with Gasteiger partial charge in [-0.2, -0.15) is 0 Å². The Bertz CT molecular complexity index is 532. The van der Waals surface area contributed by atoms with E-state index in [0.717, 1.165) is 18.2 Å². The fourth-order valence-electron chi connectivity index (χ4n) is 1.33. The number of benzene rings is 1. The minimum atomic E-state index is -1.55. The Labute approximate surface area is 106 Å². The summed E-state index contributed by atoms with van der Waals surface area (Å²) in [5, 5.41) is 20.1. The number of rotatable bonds is 5. The molecule has 5 N–H and O–H groups in total. The number of phenols is 1. The molecule has 7 nitrogen and oxygen atoms in total. The molecular weight excluding hydrogens is 259 g/mol. The molecule has 19 heavy (non-hydrogen) atoms. The maximum atomic E-state index is 12.9. The highest BCUT2D eigenvalue weighted by atomic mass is 19.1. The Kier molecular flexibility index (Phi) is 4.41. The molecule has 0 aliphatic carbocycles. The zero-order valence-corrected chi connectivity index (χ0v) is 9.59. The van der Waals surface area contributed by atoms with E-state index in [1.54, 1.807) is 0 Å². The molecule has 0 aliphatic rings. The summed E-state index contributed by atoms with van der Waals surface area (Å²) in [6.07, 6.45) is -0.614. The fraction of sp³-hybridized carbons (Fsp3) is 0.182. The lowest BCUT2D eigenvalue weighted by atomic mass is 10.1. The first-order chi connectivity index (χ1) is 8.81. The van der Waals surface area contributed by atoms with Gasteiger partial charge >= 0.3 is 5.97 Å². The molecule has 1 aromatic carbocycles. The van der Waals surface area contributed by atoms with Crippen LogP contribution >= 0.6 is 0 Å². The summed E-state index contributed by atoms with van der Waals surface area (Å²) in [6.45, 7) is 0. The van der Waals surface area contributed by atoms with Crippen molar-refractivity contribution in [3.63, 3.8) is 0 Å². The first-order valence-electron chi connectivity index (χ1n) is 5.11. The van der Waals surface area contributed by atoms with Crippen molar-refractivity contribution >= 4 is 17.8 Å². The lowest BCUT2D eigenvalue weighted by Crippen LogP contribution is -2.43. The van der Waals surface area contributed by atoms with Crippen molar-refractivity contribution in [2.75, 3.05) is 0 Å². The van der Waals surface area contributed by atoms with Crippen LogP contribution in [0.3, 0.4) is 0 Å². The summed E-state index contributed by atoms with van der Waals surface area (Å²) >= 11 is 0. The maximum Gasteiger partial charge on any atom is 0.326 e. The van der Waals surface area contributed by atoms with E-state index in [4.69, 9.17) is 10.8 Å². The number of aliphatic carboxylic acids is 1. The third-order valence-corrected chi connectivity index (χ3v) is 2.21. The van der Waals surface area contributed by atoms with Gasteiger partial charge in [-0.25, -0.2) is 9.18 Å². The van der Waals surface area contributed by atoms with Gasteiger partial charge in [-0.1, -0.05) is 0 Å². The molecule has 1 atom stereocenters. The Morgan fingerprint density at radius 1 is 1.37 bits per heavy atom. The molecule has 0 fully saturated rings. The minimum Gasteiger partial charge on any atom is -0.507 e. The van der Waals surface area contributed by atoms with Crippen molar-refractivity contribution < 1.29 is 29.0 Å². The fourth-order valence-corrected chi connectivity index (χ4v) is 1.33. The van der Waals surface area contributed by atoms with Gasteiger partial charge in [0.15, 0.2) is 0 Å². The van der Waals surface area contributed by atoms with Gasteiger partial charge in [0.05, 0.1) is 12.0 Å². The van der Waals surface area contributed by atoms with Gasteiger partial charge in [-0.3, -0.25) is 9.59 Å². The molecule has 2 amide bonds. The number of carboxylic acid groups (broad SMARTS) is 1. The standard InChI is InChI=1S/C11H11FN2O5/c12-5-1-2-8(15)6(3-5)10(17)14-7(11(18)19)4-9(13)16/h1-3,7,15H,4H2,(H2,13,16)(H,14,17)(H,18,19). The zero-order chi connectivity index (χ0) is 14.6. The normalized spacial score (nSPS) is 11.6. The van der Waals surface area contributed by atoms with Gasteiger partial charge in [0.1, 0.15) is 17.6 Å². The van der Waals surface area contributed by atoms with Gasteiger partial charge in [-0.15, -0.1) is 0 Å². The number of carboxylic acids is 1. The van der Waals surface area contributed by atoms with Gasteiger partial charge in [0.25, 0.3) is 5.91 Å². The van der Waals surface area contributed by atoms with E-state index >= 15 is 0 Å². The van der Waals surface area contributed by atoms with E-state index in [1.807, 2.05) is 5.32 Å². The third-order valence-electron chi connectivity index (χ3n) is 2.21. The van der Waals surface area contributed by atoms with Crippen molar-refractivity contribution in [2.24, 2.45) is 5.73 Å². The van der Waals surface area contributed by atoms with Crippen LogP contribution in [0.5, 0.6) is 5.75 Å². The SMILES string of the molecule is NC(=O)CC(NC(=O)c1cc(F)ccc1O)C(=O)O. The highest BCUT2D eigenvalue weighted by Gasteiger charge is 2.24.